The van der Waals surface area contributed by atoms with Crippen molar-refractivity contribution in [3.05, 3.63) is 71.3 Å². The Hall–Kier alpha value is -1.59. The molecule has 0 bridgehead atoms. The average molecular weight is 370 g/mol. The molecule has 0 aromatic heterocycles. The summed E-state index contributed by atoms with van der Waals surface area (Å²) in [7, 11) is 0. The van der Waals surface area contributed by atoms with Gasteiger partial charge in [-0.25, -0.2) is 0 Å². The summed E-state index contributed by atoms with van der Waals surface area (Å²) >= 11 is 0. The van der Waals surface area contributed by atoms with E-state index in [9.17, 15) is 4.79 Å². The van der Waals surface area contributed by atoms with Crippen LogP contribution in [-0.2, 0) is 24.3 Å². The van der Waals surface area contributed by atoms with Crippen LogP contribution in [-0.4, -0.2) is 11.9 Å². The Morgan fingerprint density at radius 3 is 2.25 bits per heavy atom. The van der Waals surface area contributed by atoms with Crippen molar-refractivity contribution in [3.63, 3.8) is 0 Å². The van der Waals surface area contributed by atoms with Crippen molar-refractivity contribution < 1.29 is 4.79 Å². The van der Waals surface area contributed by atoms with Crippen molar-refractivity contribution in [2.24, 2.45) is 11.5 Å². The van der Waals surface area contributed by atoms with Gasteiger partial charge in [-0.05, 0) is 29.5 Å². The summed E-state index contributed by atoms with van der Waals surface area (Å²) in [6.45, 7) is 0.976. The van der Waals surface area contributed by atoms with E-state index in [-0.39, 0.29) is 30.7 Å². The van der Waals surface area contributed by atoms with Crippen molar-refractivity contribution in [2.75, 3.05) is 0 Å². The number of hydrogen-bond acceptors (Lipinski definition) is 3. The van der Waals surface area contributed by atoms with E-state index in [0.717, 1.165) is 17.5 Å². The first-order chi connectivity index (χ1) is 10.7. The monoisotopic (exact) mass is 369 g/mol. The van der Waals surface area contributed by atoms with Gasteiger partial charge in [-0.1, -0.05) is 54.6 Å². The minimum atomic E-state index is -0.488. The maximum absolute atomic E-state index is 12.0. The van der Waals surface area contributed by atoms with Gasteiger partial charge in [0.05, 0.1) is 6.04 Å². The standard InChI is InChI=1S/C18H23N3O.2ClH/c19-12-15-7-4-8-16(11-15)13-21-18(22)17(20)10-9-14-5-2-1-3-6-14;;/h1-8,11,17H,9-10,12-13,19-20H2,(H,21,22);2*1H/t17-;;/m0../s1. The lowest BCUT2D eigenvalue weighted by Crippen LogP contribution is -2.40. The smallest absolute Gasteiger partial charge is 0.237 e. The zero-order valence-electron chi connectivity index (χ0n) is 13.5. The first-order valence-corrected chi connectivity index (χ1v) is 7.54. The number of amides is 1. The molecule has 1 atom stereocenters. The first-order valence-electron chi connectivity index (χ1n) is 7.54. The molecule has 6 heteroatoms. The van der Waals surface area contributed by atoms with Gasteiger partial charge in [-0.15, -0.1) is 24.8 Å². The van der Waals surface area contributed by atoms with Crippen LogP contribution in [0.4, 0.5) is 0 Å². The molecule has 0 saturated heterocycles. The second-order valence-electron chi connectivity index (χ2n) is 5.37. The van der Waals surface area contributed by atoms with Gasteiger partial charge in [-0.3, -0.25) is 4.79 Å². The number of aryl methyl sites for hydroxylation is 1. The van der Waals surface area contributed by atoms with Gasteiger partial charge in [0.2, 0.25) is 5.91 Å². The molecule has 5 N–H and O–H groups in total. The van der Waals surface area contributed by atoms with Crippen LogP contribution in [0.5, 0.6) is 0 Å². The van der Waals surface area contributed by atoms with E-state index in [1.165, 1.54) is 5.56 Å². The molecule has 0 unspecified atom stereocenters. The lowest BCUT2D eigenvalue weighted by molar-refractivity contribution is -0.122. The summed E-state index contributed by atoms with van der Waals surface area (Å²) < 4.78 is 0. The van der Waals surface area contributed by atoms with E-state index in [0.29, 0.717) is 19.5 Å². The summed E-state index contributed by atoms with van der Waals surface area (Å²) in [5, 5.41) is 2.88. The molecule has 0 fully saturated rings. The number of benzene rings is 2. The van der Waals surface area contributed by atoms with Crippen LogP contribution in [0, 0.1) is 0 Å². The van der Waals surface area contributed by atoms with Crippen molar-refractivity contribution >= 4 is 30.7 Å². The van der Waals surface area contributed by atoms with Crippen molar-refractivity contribution in [1.82, 2.24) is 5.32 Å². The fourth-order valence-electron chi connectivity index (χ4n) is 2.28. The molecule has 0 spiro atoms. The van der Waals surface area contributed by atoms with Crippen molar-refractivity contribution in [2.45, 2.75) is 32.0 Å². The molecule has 0 aliphatic heterocycles. The first kappa shape index (κ1) is 22.4. The van der Waals surface area contributed by atoms with E-state index >= 15 is 0 Å². The highest BCUT2D eigenvalue weighted by Crippen LogP contribution is 2.06. The Morgan fingerprint density at radius 2 is 1.58 bits per heavy atom. The Kier molecular flexibility index (Phi) is 11.1. The number of hydrogen-bond donors (Lipinski definition) is 3. The number of rotatable bonds is 7. The van der Waals surface area contributed by atoms with Crippen LogP contribution in [0.3, 0.4) is 0 Å². The number of halogens is 2. The SMILES string of the molecule is Cl.Cl.NCc1cccc(CNC(=O)[C@@H](N)CCc2ccccc2)c1. The quantitative estimate of drug-likeness (QED) is 0.701. The molecule has 0 heterocycles. The van der Waals surface area contributed by atoms with Crippen LogP contribution in [0.2, 0.25) is 0 Å². The normalized spacial score (nSPS) is 10.9. The average Bonchev–Trinajstić information content (AvgIpc) is 2.58. The van der Waals surface area contributed by atoms with E-state index in [2.05, 4.69) is 5.32 Å². The fraction of sp³-hybridized carbons (Fsp3) is 0.278. The summed E-state index contributed by atoms with van der Waals surface area (Å²) in [4.78, 5) is 12.0. The summed E-state index contributed by atoms with van der Waals surface area (Å²) in [5.74, 6) is -0.117. The molecule has 24 heavy (non-hydrogen) atoms. The lowest BCUT2D eigenvalue weighted by Gasteiger charge is -2.12. The van der Waals surface area contributed by atoms with E-state index in [4.69, 9.17) is 11.5 Å². The van der Waals surface area contributed by atoms with E-state index in [1.807, 2.05) is 54.6 Å². The van der Waals surface area contributed by atoms with Crippen molar-refractivity contribution in [3.8, 4) is 0 Å². The summed E-state index contributed by atoms with van der Waals surface area (Å²) in [6.07, 6.45) is 1.44. The zero-order valence-corrected chi connectivity index (χ0v) is 15.1. The van der Waals surface area contributed by atoms with Crippen LogP contribution < -0.4 is 16.8 Å². The highest BCUT2D eigenvalue weighted by atomic mass is 35.5. The summed E-state index contributed by atoms with van der Waals surface area (Å²) in [6, 6.07) is 17.4. The molecule has 2 rings (SSSR count). The fourth-order valence-corrected chi connectivity index (χ4v) is 2.28. The number of nitrogens with two attached hydrogens (primary N) is 2. The molecule has 0 radical (unpaired) electrons. The second-order valence-corrected chi connectivity index (χ2v) is 5.37. The highest BCUT2D eigenvalue weighted by molar-refractivity contribution is 5.85. The maximum atomic E-state index is 12.0. The Bertz CT molecular complexity index is 608. The molecule has 2 aromatic carbocycles. The molecular weight excluding hydrogens is 345 g/mol. The van der Waals surface area contributed by atoms with Gasteiger partial charge in [0, 0.05) is 13.1 Å². The van der Waals surface area contributed by atoms with Gasteiger partial charge in [0.1, 0.15) is 0 Å². The molecule has 0 aliphatic rings. The molecule has 2 aromatic rings. The molecule has 1 amide bonds. The molecular formula is C18H25Cl2N3O. The Balaban J connectivity index is 0.00000264. The Morgan fingerprint density at radius 1 is 0.958 bits per heavy atom. The third kappa shape index (κ3) is 7.32. The van der Waals surface area contributed by atoms with Gasteiger partial charge in [-0.2, -0.15) is 0 Å². The second kappa shape index (κ2) is 11.9. The van der Waals surface area contributed by atoms with E-state index in [1.54, 1.807) is 0 Å². The molecule has 0 saturated carbocycles. The number of carbonyl (C=O) groups excluding carboxylic acids is 1. The van der Waals surface area contributed by atoms with Gasteiger partial charge in [0.15, 0.2) is 0 Å². The topological polar surface area (TPSA) is 81.1 Å². The van der Waals surface area contributed by atoms with Crippen LogP contribution in [0.15, 0.2) is 54.6 Å². The molecule has 132 valence electrons. The minimum Gasteiger partial charge on any atom is -0.351 e. The predicted octanol–water partition coefficient (Wildman–Crippen LogP) is 2.57. The minimum absolute atomic E-state index is 0. The maximum Gasteiger partial charge on any atom is 0.237 e. The molecule has 4 nitrogen and oxygen atoms in total. The third-order valence-corrected chi connectivity index (χ3v) is 3.62. The van der Waals surface area contributed by atoms with Crippen LogP contribution >= 0.6 is 24.8 Å². The highest BCUT2D eigenvalue weighted by Gasteiger charge is 2.12. The van der Waals surface area contributed by atoms with Gasteiger partial charge in [0.25, 0.3) is 0 Å². The molecule has 0 aliphatic carbocycles. The zero-order chi connectivity index (χ0) is 15.8. The van der Waals surface area contributed by atoms with Gasteiger partial charge < -0.3 is 16.8 Å². The van der Waals surface area contributed by atoms with Crippen LogP contribution in [0.25, 0.3) is 0 Å². The number of carbonyl (C=O) groups is 1. The number of nitrogens with one attached hydrogen (secondary N) is 1. The summed E-state index contributed by atoms with van der Waals surface area (Å²) in [5.41, 5.74) is 14.8. The predicted molar refractivity (Wildman–Crippen MR) is 103 cm³/mol. The van der Waals surface area contributed by atoms with Gasteiger partial charge >= 0.3 is 0 Å². The van der Waals surface area contributed by atoms with E-state index < -0.39 is 6.04 Å². The largest absolute Gasteiger partial charge is 0.351 e. The van der Waals surface area contributed by atoms with Crippen molar-refractivity contribution in [1.29, 1.82) is 0 Å². The third-order valence-electron chi connectivity index (χ3n) is 3.62. The Labute approximate surface area is 155 Å². The lowest BCUT2D eigenvalue weighted by atomic mass is 10.1. The van der Waals surface area contributed by atoms with Crippen LogP contribution in [0.1, 0.15) is 23.1 Å².